The summed E-state index contributed by atoms with van der Waals surface area (Å²) in [5, 5.41) is 4.77. The lowest BCUT2D eigenvalue weighted by Crippen LogP contribution is -2.68. The average Bonchev–Trinajstić information content (AvgIpc) is 2.89. The van der Waals surface area contributed by atoms with Crippen LogP contribution in [-0.4, -0.2) is 33.3 Å². The van der Waals surface area contributed by atoms with E-state index in [1.807, 2.05) is 19.2 Å². The molecule has 6 heteroatoms. The third kappa shape index (κ3) is 2.49. The second kappa shape index (κ2) is 5.28. The number of piperazine rings is 1. The first-order chi connectivity index (χ1) is 9.01. The molecular formula is C13H19N3O2S. The van der Waals surface area contributed by atoms with E-state index >= 15 is 0 Å². The van der Waals surface area contributed by atoms with Crippen molar-refractivity contribution in [2.45, 2.75) is 51.7 Å². The molecule has 0 aliphatic carbocycles. The fourth-order valence-corrected chi connectivity index (χ4v) is 2.88. The molecule has 2 atom stereocenters. The van der Waals surface area contributed by atoms with Crippen LogP contribution in [0.5, 0.6) is 0 Å². The Hall–Kier alpha value is -1.43. The second-order valence-corrected chi connectivity index (χ2v) is 5.73. The molecule has 0 radical (unpaired) electrons. The summed E-state index contributed by atoms with van der Waals surface area (Å²) >= 11 is 1.50. The van der Waals surface area contributed by atoms with Crippen molar-refractivity contribution in [3.63, 3.8) is 0 Å². The van der Waals surface area contributed by atoms with Crippen LogP contribution in [0.25, 0.3) is 0 Å². The average molecular weight is 281 g/mol. The smallest absolute Gasteiger partial charge is 0.249 e. The molecule has 2 amide bonds. The SMILES string of the molecule is CCC1C(=O)NC(C)(CC)C(=O)N1Cc1cscn1. The van der Waals surface area contributed by atoms with Crippen LogP contribution >= 0.6 is 11.3 Å². The van der Waals surface area contributed by atoms with E-state index in [-0.39, 0.29) is 11.8 Å². The molecule has 2 rings (SSSR count). The number of aromatic nitrogens is 1. The predicted octanol–water partition coefficient (Wildman–Crippen LogP) is 1.55. The van der Waals surface area contributed by atoms with Crippen molar-refractivity contribution in [3.05, 3.63) is 16.6 Å². The van der Waals surface area contributed by atoms with Gasteiger partial charge >= 0.3 is 0 Å². The number of nitrogens with zero attached hydrogens (tertiary/aromatic N) is 2. The molecule has 1 aromatic heterocycles. The highest BCUT2D eigenvalue weighted by Gasteiger charge is 2.46. The monoisotopic (exact) mass is 281 g/mol. The number of rotatable bonds is 4. The number of thiazole rings is 1. The number of nitrogens with one attached hydrogen (secondary N) is 1. The molecular weight excluding hydrogens is 262 g/mol. The van der Waals surface area contributed by atoms with Crippen LogP contribution in [0.3, 0.4) is 0 Å². The first-order valence-corrected chi connectivity index (χ1v) is 7.46. The van der Waals surface area contributed by atoms with Gasteiger partial charge in [-0.05, 0) is 19.8 Å². The van der Waals surface area contributed by atoms with E-state index in [2.05, 4.69) is 10.3 Å². The van der Waals surface area contributed by atoms with Crippen molar-refractivity contribution in [1.82, 2.24) is 15.2 Å². The molecule has 1 fully saturated rings. The molecule has 1 aromatic rings. The van der Waals surface area contributed by atoms with Crippen LogP contribution in [0, 0.1) is 0 Å². The second-order valence-electron chi connectivity index (χ2n) is 5.01. The van der Waals surface area contributed by atoms with Crippen LogP contribution in [-0.2, 0) is 16.1 Å². The van der Waals surface area contributed by atoms with Crippen molar-refractivity contribution in [2.75, 3.05) is 0 Å². The van der Waals surface area contributed by atoms with Crippen molar-refractivity contribution in [3.8, 4) is 0 Å². The summed E-state index contributed by atoms with van der Waals surface area (Å²) in [6.45, 7) is 6.02. The maximum Gasteiger partial charge on any atom is 0.249 e. The normalized spacial score (nSPS) is 27.5. The van der Waals surface area contributed by atoms with E-state index in [0.717, 1.165) is 5.69 Å². The van der Waals surface area contributed by atoms with Crippen molar-refractivity contribution in [1.29, 1.82) is 0 Å². The number of amides is 2. The minimum absolute atomic E-state index is 0.0190. The van der Waals surface area contributed by atoms with E-state index in [9.17, 15) is 9.59 Å². The maximum absolute atomic E-state index is 12.6. The first-order valence-electron chi connectivity index (χ1n) is 6.52. The Bertz CT molecular complexity index is 474. The first kappa shape index (κ1) is 14.0. The molecule has 1 N–H and O–H groups in total. The Labute approximate surface area is 117 Å². The van der Waals surface area contributed by atoms with Gasteiger partial charge in [0.2, 0.25) is 11.8 Å². The van der Waals surface area contributed by atoms with Crippen LogP contribution < -0.4 is 5.32 Å². The van der Waals surface area contributed by atoms with Gasteiger partial charge in [0.15, 0.2) is 0 Å². The molecule has 2 heterocycles. The molecule has 0 spiro atoms. The fraction of sp³-hybridized carbons (Fsp3) is 0.615. The Morgan fingerprint density at radius 3 is 2.74 bits per heavy atom. The Balaban J connectivity index is 2.29. The lowest BCUT2D eigenvalue weighted by molar-refractivity contribution is -0.155. The minimum atomic E-state index is -0.793. The van der Waals surface area contributed by atoms with Gasteiger partial charge in [0.1, 0.15) is 11.6 Å². The number of hydrogen-bond acceptors (Lipinski definition) is 4. The summed E-state index contributed by atoms with van der Waals surface area (Å²) in [5.41, 5.74) is 1.78. The van der Waals surface area contributed by atoms with E-state index in [1.165, 1.54) is 11.3 Å². The molecule has 0 bridgehead atoms. The van der Waals surface area contributed by atoms with Crippen LogP contribution in [0.15, 0.2) is 10.9 Å². The molecule has 19 heavy (non-hydrogen) atoms. The molecule has 5 nitrogen and oxygen atoms in total. The molecule has 1 aliphatic heterocycles. The van der Waals surface area contributed by atoms with Crippen LogP contribution in [0.2, 0.25) is 0 Å². The van der Waals surface area contributed by atoms with Gasteiger partial charge in [-0.3, -0.25) is 9.59 Å². The van der Waals surface area contributed by atoms with Gasteiger partial charge in [-0.2, -0.15) is 0 Å². The third-order valence-corrected chi connectivity index (χ3v) is 4.36. The van der Waals surface area contributed by atoms with Gasteiger partial charge in [0.05, 0.1) is 17.7 Å². The number of carbonyl (C=O) groups is 2. The Morgan fingerprint density at radius 2 is 2.21 bits per heavy atom. The largest absolute Gasteiger partial charge is 0.340 e. The lowest BCUT2D eigenvalue weighted by atomic mass is 9.91. The van der Waals surface area contributed by atoms with Crippen LogP contribution in [0.4, 0.5) is 0 Å². The topological polar surface area (TPSA) is 62.3 Å². The van der Waals surface area contributed by atoms with E-state index in [1.54, 1.807) is 17.3 Å². The van der Waals surface area contributed by atoms with E-state index < -0.39 is 11.6 Å². The highest BCUT2D eigenvalue weighted by atomic mass is 32.1. The maximum atomic E-state index is 12.6. The molecule has 0 saturated carbocycles. The van der Waals surface area contributed by atoms with Gasteiger partial charge in [0.25, 0.3) is 0 Å². The quantitative estimate of drug-likeness (QED) is 0.911. The minimum Gasteiger partial charge on any atom is -0.340 e. The highest BCUT2D eigenvalue weighted by Crippen LogP contribution is 2.24. The molecule has 2 unspecified atom stereocenters. The third-order valence-electron chi connectivity index (χ3n) is 3.72. The van der Waals surface area contributed by atoms with Gasteiger partial charge in [-0.15, -0.1) is 11.3 Å². The summed E-state index contributed by atoms with van der Waals surface area (Å²) in [6, 6.07) is -0.395. The summed E-state index contributed by atoms with van der Waals surface area (Å²) in [5.74, 6) is -0.0869. The van der Waals surface area contributed by atoms with Crippen molar-refractivity contribution in [2.24, 2.45) is 0 Å². The highest BCUT2D eigenvalue weighted by molar-refractivity contribution is 7.07. The summed E-state index contributed by atoms with van der Waals surface area (Å²) in [6.07, 6.45) is 1.20. The zero-order valence-electron chi connectivity index (χ0n) is 11.5. The van der Waals surface area contributed by atoms with Gasteiger partial charge < -0.3 is 10.2 Å². The summed E-state index contributed by atoms with van der Waals surface area (Å²) in [7, 11) is 0. The summed E-state index contributed by atoms with van der Waals surface area (Å²) < 4.78 is 0. The summed E-state index contributed by atoms with van der Waals surface area (Å²) in [4.78, 5) is 30.6. The van der Waals surface area contributed by atoms with Crippen molar-refractivity contribution < 1.29 is 9.59 Å². The Morgan fingerprint density at radius 1 is 1.47 bits per heavy atom. The van der Waals surface area contributed by atoms with E-state index in [0.29, 0.717) is 19.4 Å². The number of hydrogen-bond donors (Lipinski definition) is 1. The van der Waals surface area contributed by atoms with Crippen LogP contribution in [0.1, 0.15) is 39.3 Å². The Kier molecular flexibility index (Phi) is 3.89. The molecule has 1 aliphatic rings. The zero-order chi connectivity index (χ0) is 14.0. The fourth-order valence-electron chi connectivity index (χ4n) is 2.33. The van der Waals surface area contributed by atoms with Gasteiger partial charge in [-0.1, -0.05) is 13.8 Å². The standard InChI is InChI=1S/C13H19N3O2S/c1-4-10-11(17)15-13(3,5-2)12(18)16(10)6-9-7-19-8-14-9/h7-8,10H,4-6H2,1-3H3,(H,15,17). The number of carbonyl (C=O) groups excluding carboxylic acids is 2. The van der Waals surface area contributed by atoms with Crippen molar-refractivity contribution >= 4 is 23.2 Å². The zero-order valence-corrected chi connectivity index (χ0v) is 12.3. The van der Waals surface area contributed by atoms with Gasteiger partial charge in [-0.25, -0.2) is 4.98 Å². The molecule has 1 saturated heterocycles. The van der Waals surface area contributed by atoms with E-state index in [4.69, 9.17) is 0 Å². The van der Waals surface area contributed by atoms with Gasteiger partial charge in [0, 0.05) is 5.38 Å². The predicted molar refractivity (Wildman–Crippen MR) is 73.6 cm³/mol. The lowest BCUT2D eigenvalue weighted by Gasteiger charge is -2.43. The molecule has 104 valence electrons. The molecule has 0 aromatic carbocycles.